The van der Waals surface area contributed by atoms with E-state index in [2.05, 4.69) is 107 Å². The highest BCUT2D eigenvalue weighted by Crippen LogP contribution is 2.48. The van der Waals surface area contributed by atoms with Crippen LogP contribution < -0.4 is 14.8 Å². The zero-order chi connectivity index (χ0) is 44.2. The van der Waals surface area contributed by atoms with Crippen LogP contribution in [-0.2, 0) is 20.4 Å². The minimum absolute atomic E-state index is 0.144. The molecule has 2 aliphatic rings. The summed E-state index contributed by atoms with van der Waals surface area (Å²) in [5, 5.41) is 17.3. The number of fused-ring (bicyclic) bond motifs is 1. The third-order valence-corrected chi connectivity index (χ3v) is 13.3. The predicted molar refractivity (Wildman–Crippen MR) is 251 cm³/mol. The van der Waals surface area contributed by atoms with E-state index in [0.717, 1.165) is 58.0 Å². The molecule has 0 spiro atoms. The minimum atomic E-state index is -1.03. The zero-order valence-corrected chi connectivity index (χ0v) is 36.5. The Bertz CT molecular complexity index is 2710. The van der Waals surface area contributed by atoms with Gasteiger partial charge in [0.15, 0.2) is 23.2 Å². The number of aliphatic hydroxyl groups is 1. The average molecular weight is 865 g/mol. The van der Waals surface area contributed by atoms with Gasteiger partial charge in [-0.05, 0) is 64.1 Å². The summed E-state index contributed by atoms with van der Waals surface area (Å²) in [5.74, 6) is 2.05. The Morgan fingerprint density at radius 2 is 1.09 bits per heavy atom. The summed E-state index contributed by atoms with van der Waals surface area (Å²) in [6.45, 7) is 2.66. The molecule has 1 unspecified atom stereocenters. The first-order valence-corrected chi connectivity index (χ1v) is 22.2. The van der Waals surface area contributed by atoms with Crippen LogP contribution in [0.5, 0.6) is 11.5 Å². The number of aromatic nitrogens is 4. The molecule has 2 saturated heterocycles. The van der Waals surface area contributed by atoms with Crippen LogP contribution in [0.1, 0.15) is 46.0 Å². The van der Waals surface area contributed by atoms with Crippen molar-refractivity contribution in [1.82, 2.24) is 24.4 Å². The fourth-order valence-electron chi connectivity index (χ4n) is 10.2. The highest BCUT2D eigenvalue weighted by Gasteiger charge is 2.52. The Labute approximate surface area is 379 Å². The molecule has 0 saturated carbocycles. The molecule has 11 nitrogen and oxygen atoms in total. The van der Waals surface area contributed by atoms with Crippen molar-refractivity contribution in [2.75, 3.05) is 45.8 Å². The predicted octanol–water partition coefficient (Wildman–Crippen LogP) is 8.63. The highest BCUT2D eigenvalue weighted by molar-refractivity contribution is 5.84. The molecule has 10 rings (SSSR count). The molecule has 328 valence electrons. The van der Waals surface area contributed by atoms with E-state index in [4.69, 9.17) is 33.9 Å². The fourth-order valence-corrected chi connectivity index (χ4v) is 10.2. The van der Waals surface area contributed by atoms with Gasteiger partial charge in [0.05, 0.1) is 57.4 Å². The van der Waals surface area contributed by atoms with Crippen molar-refractivity contribution in [1.29, 1.82) is 0 Å². The fraction of sp³-hybridized carbons (Fsp3) is 0.241. The summed E-state index contributed by atoms with van der Waals surface area (Å²) in [6, 6.07) is 57.3. The summed E-state index contributed by atoms with van der Waals surface area (Å²) < 4.78 is 26.4. The van der Waals surface area contributed by atoms with Gasteiger partial charge in [0.25, 0.3) is 0 Å². The van der Waals surface area contributed by atoms with Crippen molar-refractivity contribution < 1.29 is 24.1 Å². The Morgan fingerprint density at radius 3 is 1.62 bits per heavy atom. The first-order valence-electron chi connectivity index (χ1n) is 22.2. The van der Waals surface area contributed by atoms with E-state index in [0.29, 0.717) is 36.6 Å². The second-order valence-electron chi connectivity index (χ2n) is 16.6. The van der Waals surface area contributed by atoms with E-state index in [1.807, 2.05) is 83.7 Å². The molecule has 2 aromatic heterocycles. The van der Waals surface area contributed by atoms with Crippen LogP contribution in [0.15, 0.2) is 183 Å². The quantitative estimate of drug-likeness (QED) is 0.103. The number of aliphatic hydroxyl groups excluding tert-OH is 1. The van der Waals surface area contributed by atoms with Crippen molar-refractivity contribution >= 4 is 17.0 Å². The largest absolute Gasteiger partial charge is 0.497 e. The summed E-state index contributed by atoms with van der Waals surface area (Å²) in [5.41, 5.74) is 5.14. The lowest BCUT2D eigenvalue weighted by molar-refractivity contribution is -0.0858. The molecule has 6 aromatic carbocycles. The van der Waals surface area contributed by atoms with Gasteiger partial charge in [-0.2, -0.15) is 0 Å². The molecule has 2 aliphatic heterocycles. The van der Waals surface area contributed by atoms with Crippen LogP contribution in [-0.4, -0.2) is 88.3 Å². The monoisotopic (exact) mass is 864 g/mol. The van der Waals surface area contributed by atoms with Crippen molar-refractivity contribution in [2.45, 2.75) is 41.9 Å². The van der Waals surface area contributed by atoms with Crippen molar-refractivity contribution in [3.8, 4) is 11.5 Å². The Morgan fingerprint density at radius 1 is 0.615 bits per heavy atom. The number of methoxy groups -OCH3 is 2. The molecule has 4 atom stereocenters. The van der Waals surface area contributed by atoms with Gasteiger partial charge in [0.2, 0.25) is 0 Å². The van der Waals surface area contributed by atoms with E-state index in [1.165, 1.54) is 0 Å². The van der Waals surface area contributed by atoms with Crippen LogP contribution >= 0.6 is 0 Å². The molecular formula is C54H52N6O5. The molecule has 0 radical (unpaired) electrons. The second kappa shape index (κ2) is 18.3. The molecule has 65 heavy (non-hydrogen) atoms. The smallest absolute Gasteiger partial charge is 0.167 e. The van der Waals surface area contributed by atoms with Gasteiger partial charge in [-0.1, -0.05) is 146 Å². The maximum Gasteiger partial charge on any atom is 0.167 e. The molecule has 2 fully saturated rings. The van der Waals surface area contributed by atoms with Gasteiger partial charge in [0, 0.05) is 13.1 Å². The molecule has 0 bridgehead atoms. The first kappa shape index (κ1) is 42.1. The Kier molecular flexibility index (Phi) is 11.9. The maximum absolute atomic E-state index is 13.4. The van der Waals surface area contributed by atoms with E-state index < -0.39 is 29.4 Å². The van der Waals surface area contributed by atoms with E-state index in [1.54, 1.807) is 20.5 Å². The number of hydrogen-bond donors (Lipinski definition) is 2. The standard InChI is InChI=1S/C54H52N6O5/c1-62-44-27-23-40(24-28-44)53(38-15-7-3-8-16-38,39-17-9-4-10-18-39)49(61)47-35-46(59-31-33-64-34-32-59)52(65-47)60-37-57-48-50(55-36-56-51(48)60)58-54(41-19-11-5-12-20-41,42-21-13-6-14-22-42)43-25-29-45(63-2)30-26-43/h3-30,36-37,46-47,49,52,61H,31-35H2,1-2H3,(H,55,56,58)/t46-,47+,49?,52-/m1/s1. The first-order chi connectivity index (χ1) is 32.0. The Hall–Kier alpha value is -6.89. The van der Waals surface area contributed by atoms with E-state index >= 15 is 0 Å². The van der Waals surface area contributed by atoms with Gasteiger partial charge >= 0.3 is 0 Å². The third-order valence-electron chi connectivity index (χ3n) is 13.3. The van der Waals surface area contributed by atoms with E-state index in [9.17, 15) is 5.11 Å². The molecule has 4 heterocycles. The lowest BCUT2D eigenvalue weighted by Crippen LogP contribution is -2.49. The number of imidazole rings is 1. The number of nitrogens with zero attached hydrogens (tertiary/aromatic N) is 5. The molecule has 2 N–H and O–H groups in total. The number of ether oxygens (including phenoxy) is 4. The summed E-state index contributed by atoms with van der Waals surface area (Å²) in [7, 11) is 3.34. The maximum atomic E-state index is 13.4. The number of anilines is 1. The van der Waals surface area contributed by atoms with E-state index in [-0.39, 0.29) is 6.04 Å². The average Bonchev–Trinajstić information content (AvgIpc) is 4.03. The van der Waals surface area contributed by atoms with Crippen LogP contribution in [0, 0.1) is 0 Å². The molecule has 8 aromatic rings. The van der Waals surface area contributed by atoms with Gasteiger partial charge < -0.3 is 29.4 Å². The second-order valence-corrected chi connectivity index (χ2v) is 16.6. The zero-order valence-electron chi connectivity index (χ0n) is 36.5. The summed E-state index contributed by atoms with van der Waals surface area (Å²) in [4.78, 5) is 17.3. The minimum Gasteiger partial charge on any atom is -0.497 e. The van der Waals surface area contributed by atoms with Gasteiger partial charge in [-0.25, -0.2) is 15.0 Å². The molecule has 0 aliphatic carbocycles. The lowest BCUT2D eigenvalue weighted by Gasteiger charge is -2.42. The van der Waals surface area contributed by atoms with Gasteiger partial charge in [-0.15, -0.1) is 0 Å². The van der Waals surface area contributed by atoms with Crippen molar-refractivity contribution in [2.24, 2.45) is 0 Å². The van der Waals surface area contributed by atoms with Gasteiger partial charge in [-0.3, -0.25) is 9.47 Å². The number of hydrogen-bond acceptors (Lipinski definition) is 10. The number of rotatable bonds is 14. The summed E-state index contributed by atoms with van der Waals surface area (Å²) in [6.07, 6.45) is 1.73. The Balaban J connectivity index is 1.09. The number of nitrogens with one attached hydrogen (secondary N) is 1. The van der Waals surface area contributed by atoms with Crippen LogP contribution in [0.2, 0.25) is 0 Å². The van der Waals surface area contributed by atoms with Crippen molar-refractivity contribution in [3.63, 3.8) is 0 Å². The highest BCUT2D eigenvalue weighted by atomic mass is 16.5. The SMILES string of the molecule is COc1ccc(C(Nc2ncnc3c2ncn3[C@@H]2O[C@H](C(O)C(c3ccccc3)(c3ccccc3)c3ccc(OC)cc3)C[C@H]2N2CCOCC2)(c2ccccc2)c2ccccc2)cc1. The third kappa shape index (κ3) is 7.60. The van der Waals surface area contributed by atoms with Crippen LogP contribution in [0.3, 0.4) is 0 Å². The molecular weight excluding hydrogens is 813 g/mol. The molecule has 0 amide bonds. The molecule has 11 heteroatoms. The lowest BCUT2D eigenvalue weighted by atomic mass is 9.64. The summed E-state index contributed by atoms with van der Waals surface area (Å²) >= 11 is 0. The normalized spacial score (nSPS) is 18.6. The topological polar surface area (TPSA) is 116 Å². The van der Waals surface area contributed by atoms with Crippen LogP contribution in [0.25, 0.3) is 11.2 Å². The number of benzene rings is 6. The van der Waals surface area contributed by atoms with Crippen LogP contribution in [0.4, 0.5) is 5.82 Å². The van der Waals surface area contributed by atoms with Crippen molar-refractivity contribution in [3.05, 3.63) is 216 Å². The van der Waals surface area contributed by atoms with Gasteiger partial charge in [0.1, 0.15) is 23.4 Å². The number of morpholine rings is 1.